The molecule has 3 atom stereocenters. The van der Waals surface area contributed by atoms with Crippen LogP contribution < -0.4 is 18.9 Å². The van der Waals surface area contributed by atoms with Crippen LogP contribution in [0.2, 0.25) is 0 Å². The molecule has 0 radical (unpaired) electrons. The van der Waals surface area contributed by atoms with Crippen LogP contribution >= 0.6 is 0 Å². The molecule has 3 aromatic carbocycles. The summed E-state index contributed by atoms with van der Waals surface area (Å²) in [5.74, 6) is 2.47. The quantitative estimate of drug-likeness (QED) is 0.183. The van der Waals surface area contributed by atoms with Gasteiger partial charge in [0.2, 0.25) is 0 Å². The standard InChI is InChI=1S/C35H48O6/c1-8-12-27(11-4)40-30-18-15-26(21-33(30)39-7)35(28-19-23(5)13-16-29(28)37)34(22-36)41-31-17-14-25(20-32(31)38-6)24(9-2)10-3/h13-21,24,27,34-37H,8-12,22H2,1-7H3. The van der Waals surface area contributed by atoms with Crippen molar-refractivity contribution in [1.29, 1.82) is 0 Å². The number of aliphatic hydroxyl groups excluding tert-OH is 1. The van der Waals surface area contributed by atoms with Crippen LogP contribution in [0.3, 0.4) is 0 Å². The summed E-state index contributed by atoms with van der Waals surface area (Å²) < 4.78 is 24.3. The lowest BCUT2D eigenvalue weighted by atomic mass is 9.85. The van der Waals surface area contributed by atoms with E-state index in [0.717, 1.165) is 43.2 Å². The third kappa shape index (κ3) is 7.88. The summed E-state index contributed by atoms with van der Waals surface area (Å²) in [5.41, 5.74) is 3.67. The first-order valence-corrected chi connectivity index (χ1v) is 14.9. The zero-order chi connectivity index (χ0) is 29.9. The topological polar surface area (TPSA) is 77.4 Å². The maximum absolute atomic E-state index is 11.0. The summed E-state index contributed by atoms with van der Waals surface area (Å²) in [4.78, 5) is 0. The molecule has 0 saturated heterocycles. The van der Waals surface area contributed by atoms with Crippen LogP contribution in [0.4, 0.5) is 0 Å². The molecule has 3 aromatic rings. The average Bonchev–Trinajstić information content (AvgIpc) is 2.99. The molecule has 41 heavy (non-hydrogen) atoms. The second-order valence-corrected chi connectivity index (χ2v) is 10.6. The van der Waals surface area contributed by atoms with E-state index in [2.05, 4.69) is 33.8 Å². The van der Waals surface area contributed by atoms with Crippen LogP contribution in [-0.2, 0) is 0 Å². The predicted molar refractivity (Wildman–Crippen MR) is 165 cm³/mol. The Labute approximate surface area is 246 Å². The fourth-order valence-corrected chi connectivity index (χ4v) is 5.51. The second kappa shape index (κ2) is 15.6. The predicted octanol–water partition coefficient (Wildman–Crippen LogP) is 8.15. The van der Waals surface area contributed by atoms with Crippen LogP contribution in [-0.4, -0.2) is 43.2 Å². The number of methoxy groups -OCH3 is 2. The molecule has 0 aliphatic heterocycles. The number of hydrogen-bond acceptors (Lipinski definition) is 6. The van der Waals surface area contributed by atoms with Gasteiger partial charge in [-0.25, -0.2) is 0 Å². The van der Waals surface area contributed by atoms with Crippen molar-refractivity contribution in [3.63, 3.8) is 0 Å². The second-order valence-electron chi connectivity index (χ2n) is 10.6. The maximum atomic E-state index is 11.0. The van der Waals surface area contributed by atoms with Gasteiger partial charge in [0, 0.05) is 5.56 Å². The van der Waals surface area contributed by atoms with E-state index < -0.39 is 12.0 Å². The molecule has 224 valence electrons. The Hall–Kier alpha value is -3.38. The van der Waals surface area contributed by atoms with Gasteiger partial charge in [0.1, 0.15) is 11.9 Å². The number of phenolic OH excluding ortho intramolecular Hbond substituents is 1. The van der Waals surface area contributed by atoms with E-state index in [1.54, 1.807) is 20.3 Å². The maximum Gasteiger partial charge on any atom is 0.161 e. The molecule has 0 aromatic heterocycles. The van der Waals surface area contributed by atoms with Crippen molar-refractivity contribution in [2.45, 2.75) is 90.8 Å². The highest BCUT2D eigenvalue weighted by molar-refractivity contribution is 5.51. The molecule has 0 fully saturated rings. The highest BCUT2D eigenvalue weighted by atomic mass is 16.5. The molecular formula is C35H48O6. The number of phenols is 1. The van der Waals surface area contributed by atoms with Crippen molar-refractivity contribution >= 4 is 0 Å². The largest absolute Gasteiger partial charge is 0.508 e. The first kappa shape index (κ1) is 32.1. The normalized spacial score (nSPS) is 13.5. The molecule has 2 N–H and O–H groups in total. The van der Waals surface area contributed by atoms with Crippen LogP contribution in [0.1, 0.15) is 93.9 Å². The Kier molecular flexibility index (Phi) is 12.2. The molecule has 3 rings (SSSR count). The third-order valence-corrected chi connectivity index (χ3v) is 7.90. The smallest absolute Gasteiger partial charge is 0.161 e. The van der Waals surface area contributed by atoms with Crippen molar-refractivity contribution in [3.8, 4) is 28.7 Å². The van der Waals surface area contributed by atoms with E-state index in [1.807, 2.05) is 49.4 Å². The number of benzene rings is 3. The molecule has 0 amide bonds. The van der Waals surface area contributed by atoms with Gasteiger partial charge in [0.05, 0.1) is 32.8 Å². The molecule has 0 aliphatic rings. The minimum absolute atomic E-state index is 0.0975. The lowest BCUT2D eigenvalue weighted by Gasteiger charge is -2.30. The van der Waals surface area contributed by atoms with Crippen molar-refractivity contribution in [3.05, 3.63) is 76.9 Å². The third-order valence-electron chi connectivity index (χ3n) is 7.90. The molecule has 0 aliphatic carbocycles. The number of rotatable bonds is 16. The fourth-order valence-electron chi connectivity index (χ4n) is 5.51. The zero-order valence-electron chi connectivity index (χ0n) is 25.8. The zero-order valence-corrected chi connectivity index (χ0v) is 25.8. The lowest BCUT2D eigenvalue weighted by Crippen LogP contribution is -2.30. The van der Waals surface area contributed by atoms with Gasteiger partial charge >= 0.3 is 0 Å². The van der Waals surface area contributed by atoms with E-state index >= 15 is 0 Å². The highest BCUT2D eigenvalue weighted by Gasteiger charge is 2.31. The van der Waals surface area contributed by atoms with Gasteiger partial charge in [-0.3, -0.25) is 0 Å². The summed E-state index contributed by atoms with van der Waals surface area (Å²) >= 11 is 0. The van der Waals surface area contributed by atoms with Crippen LogP contribution in [0, 0.1) is 6.92 Å². The number of aryl methyl sites for hydroxylation is 1. The molecule has 3 unspecified atom stereocenters. The molecule has 0 heterocycles. The summed E-state index contributed by atoms with van der Waals surface area (Å²) in [5, 5.41) is 21.7. The molecule has 0 saturated carbocycles. The number of ether oxygens (including phenoxy) is 4. The van der Waals surface area contributed by atoms with Gasteiger partial charge in [-0.05, 0) is 80.0 Å². The van der Waals surface area contributed by atoms with Crippen molar-refractivity contribution in [2.24, 2.45) is 0 Å². The van der Waals surface area contributed by atoms with E-state index in [0.29, 0.717) is 34.5 Å². The van der Waals surface area contributed by atoms with Gasteiger partial charge in [-0.15, -0.1) is 0 Å². The molecule has 0 spiro atoms. The Bertz CT molecular complexity index is 1240. The number of hydrogen-bond donors (Lipinski definition) is 2. The lowest BCUT2D eigenvalue weighted by molar-refractivity contribution is 0.0988. The van der Waals surface area contributed by atoms with E-state index in [9.17, 15) is 10.2 Å². The first-order chi connectivity index (χ1) is 19.8. The van der Waals surface area contributed by atoms with E-state index in [4.69, 9.17) is 18.9 Å². The summed E-state index contributed by atoms with van der Waals surface area (Å²) in [6.45, 7) is 10.3. The summed E-state index contributed by atoms with van der Waals surface area (Å²) in [6, 6.07) is 17.3. The molecule has 0 bridgehead atoms. The van der Waals surface area contributed by atoms with Crippen LogP contribution in [0.15, 0.2) is 54.6 Å². The minimum atomic E-state index is -0.726. The Morgan fingerprint density at radius 1 is 0.707 bits per heavy atom. The molecule has 6 heteroatoms. The average molecular weight is 565 g/mol. The SMILES string of the molecule is CCCC(CC)Oc1ccc(C(c2cc(C)ccc2O)C(CO)Oc2ccc(C(CC)CC)cc2OC)cc1OC. The Balaban J connectivity index is 2.09. The van der Waals surface area contributed by atoms with Crippen LogP contribution in [0.25, 0.3) is 0 Å². The van der Waals surface area contributed by atoms with Gasteiger partial charge < -0.3 is 29.2 Å². The number of aromatic hydroxyl groups is 1. The number of aliphatic hydroxyl groups is 1. The monoisotopic (exact) mass is 564 g/mol. The van der Waals surface area contributed by atoms with E-state index in [1.165, 1.54) is 5.56 Å². The Morgan fingerprint density at radius 2 is 1.32 bits per heavy atom. The van der Waals surface area contributed by atoms with Gasteiger partial charge in [0.15, 0.2) is 23.0 Å². The fraction of sp³-hybridized carbons (Fsp3) is 0.486. The molecule has 6 nitrogen and oxygen atoms in total. The van der Waals surface area contributed by atoms with Crippen molar-refractivity contribution in [2.75, 3.05) is 20.8 Å². The highest BCUT2D eigenvalue weighted by Crippen LogP contribution is 2.42. The molecular weight excluding hydrogens is 516 g/mol. The van der Waals surface area contributed by atoms with Gasteiger partial charge in [0.25, 0.3) is 0 Å². The van der Waals surface area contributed by atoms with Gasteiger partial charge in [-0.2, -0.15) is 0 Å². The van der Waals surface area contributed by atoms with Crippen molar-refractivity contribution < 1.29 is 29.2 Å². The van der Waals surface area contributed by atoms with Crippen molar-refractivity contribution in [1.82, 2.24) is 0 Å². The summed E-state index contributed by atoms with van der Waals surface area (Å²) in [7, 11) is 3.25. The minimum Gasteiger partial charge on any atom is -0.508 e. The van der Waals surface area contributed by atoms with E-state index in [-0.39, 0.29) is 18.5 Å². The Morgan fingerprint density at radius 3 is 1.88 bits per heavy atom. The first-order valence-electron chi connectivity index (χ1n) is 14.9. The van der Waals surface area contributed by atoms with Gasteiger partial charge in [-0.1, -0.05) is 63.9 Å². The van der Waals surface area contributed by atoms with Crippen LogP contribution in [0.5, 0.6) is 28.7 Å². The summed E-state index contributed by atoms with van der Waals surface area (Å²) in [6.07, 6.45) is 4.33.